The number of nitrogens with one attached hydrogen (secondary N) is 1. The van der Waals surface area contributed by atoms with Crippen LogP contribution in [0, 0.1) is 5.92 Å². The van der Waals surface area contributed by atoms with E-state index in [1.807, 2.05) is 0 Å². The van der Waals surface area contributed by atoms with Crippen LogP contribution < -0.4 is 11.1 Å². The molecule has 1 aromatic heterocycles. The molecule has 1 aliphatic heterocycles. The molecule has 6 heteroatoms. The molecule has 2 heterocycles. The summed E-state index contributed by atoms with van der Waals surface area (Å²) in [5, 5.41) is 2.80. The SMILES string of the molecule is NC(=O)CC1CCN(C(=O)Nc2cccnc2)CC1. The van der Waals surface area contributed by atoms with Gasteiger partial charge in [0, 0.05) is 25.7 Å². The van der Waals surface area contributed by atoms with Crippen LogP contribution in [0.4, 0.5) is 10.5 Å². The Balaban J connectivity index is 1.81. The van der Waals surface area contributed by atoms with E-state index in [1.165, 1.54) is 0 Å². The van der Waals surface area contributed by atoms with E-state index >= 15 is 0 Å². The normalized spacial score (nSPS) is 16.1. The minimum atomic E-state index is -0.265. The number of urea groups is 1. The molecule has 0 unspecified atom stereocenters. The van der Waals surface area contributed by atoms with Gasteiger partial charge >= 0.3 is 6.03 Å². The van der Waals surface area contributed by atoms with Crippen molar-refractivity contribution in [1.82, 2.24) is 9.88 Å². The first kappa shape index (κ1) is 13.3. The molecular weight excluding hydrogens is 244 g/mol. The Hall–Kier alpha value is -2.11. The quantitative estimate of drug-likeness (QED) is 0.857. The molecule has 0 saturated carbocycles. The van der Waals surface area contributed by atoms with E-state index in [-0.39, 0.29) is 11.9 Å². The number of hydrogen-bond acceptors (Lipinski definition) is 3. The molecule has 0 aliphatic carbocycles. The minimum Gasteiger partial charge on any atom is -0.370 e. The van der Waals surface area contributed by atoms with Gasteiger partial charge in [-0.3, -0.25) is 9.78 Å². The summed E-state index contributed by atoms with van der Waals surface area (Å²) in [7, 11) is 0. The van der Waals surface area contributed by atoms with Crippen molar-refractivity contribution < 1.29 is 9.59 Å². The minimum absolute atomic E-state index is 0.120. The zero-order valence-corrected chi connectivity index (χ0v) is 10.7. The number of hydrogen-bond donors (Lipinski definition) is 2. The van der Waals surface area contributed by atoms with Crippen LogP contribution in [0.15, 0.2) is 24.5 Å². The highest BCUT2D eigenvalue weighted by Crippen LogP contribution is 2.20. The zero-order valence-electron chi connectivity index (χ0n) is 10.7. The summed E-state index contributed by atoms with van der Waals surface area (Å²) in [6, 6.07) is 3.45. The van der Waals surface area contributed by atoms with Crippen molar-refractivity contribution in [1.29, 1.82) is 0 Å². The molecule has 1 aliphatic rings. The number of pyridine rings is 1. The molecule has 2 rings (SSSR count). The van der Waals surface area contributed by atoms with Crippen LogP contribution in [0.25, 0.3) is 0 Å². The molecule has 3 N–H and O–H groups in total. The molecule has 0 radical (unpaired) electrons. The largest absolute Gasteiger partial charge is 0.370 e. The lowest BCUT2D eigenvalue weighted by Crippen LogP contribution is -2.41. The number of rotatable bonds is 3. The van der Waals surface area contributed by atoms with Crippen molar-refractivity contribution in [3.05, 3.63) is 24.5 Å². The highest BCUT2D eigenvalue weighted by atomic mass is 16.2. The van der Waals surface area contributed by atoms with Gasteiger partial charge in [-0.15, -0.1) is 0 Å². The standard InChI is InChI=1S/C13H18N4O2/c14-12(18)8-10-3-6-17(7-4-10)13(19)16-11-2-1-5-15-9-11/h1-2,5,9-10H,3-4,6-8H2,(H2,14,18)(H,16,19). The van der Waals surface area contributed by atoms with Crippen molar-refractivity contribution in [2.45, 2.75) is 19.3 Å². The maximum atomic E-state index is 12.0. The van der Waals surface area contributed by atoms with Crippen molar-refractivity contribution in [3.8, 4) is 0 Å². The summed E-state index contributed by atoms with van der Waals surface area (Å²) in [6.45, 7) is 1.31. The smallest absolute Gasteiger partial charge is 0.321 e. The Morgan fingerprint density at radius 1 is 1.42 bits per heavy atom. The predicted molar refractivity (Wildman–Crippen MR) is 71.4 cm³/mol. The summed E-state index contributed by atoms with van der Waals surface area (Å²) in [6.07, 6.45) is 5.33. The first-order valence-electron chi connectivity index (χ1n) is 6.39. The first-order valence-corrected chi connectivity index (χ1v) is 6.39. The van der Waals surface area contributed by atoms with Crippen LogP contribution in [0.2, 0.25) is 0 Å². The molecule has 1 fully saturated rings. The number of likely N-dealkylation sites (tertiary alicyclic amines) is 1. The molecule has 0 atom stereocenters. The number of amides is 3. The molecule has 6 nitrogen and oxygen atoms in total. The molecule has 0 bridgehead atoms. The fraction of sp³-hybridized carbons (Fsp3) is 0.462. The molecule has 102 valence electrons. The van der Waals surface area contributed by atoms with E-state index in [0.717, 1.165) is 12.8 Å². The number of primary amides is 1. The summed E-state index contributed by atoms with van der Waals surface area (Å²) in [5.74, 6) is 0.0400. The Morgan fingerprint density at radius 2 is 2.16 bits per heavy atom. The van der Waals surface area contributed by atoms with Crippen LogP contribution in [0.3, 0.4) is 0 Å². The fourth-order valence-corrected chi connectivity index (χ4v) is 2.26. The third kappa shape index (κ3) is 3.94. The number of carbonyl (C=O) groups excluding carboxylic acids is 2. The van der Waals surface area contributed by atoms with Gasteiger partial charge in [0.05, 0.1) is 11.9 Å². The number of nitrogens with zero attached hydrogens (tertiary/aromatic N) is 2. The second-order valence-electron chi connectivity index (χ2n) is 4.77. The van der Waals surface area contributed by atoms with E-state index in [9.17, 15) is 9.59 Å². The lowest BCUT2D eigenvalue weighted by molar-refractivity contribution is -0.119. The van der Waals surface area contributed by atoms with Gasteiger partial charge in [0.1, 0.15) is 0 Å². The molecule has 0 aromatic carbocycles. The molecular formula is C13H18N4O2. The third-order valence-corrected chi connectivity index (χ3v) is 3.30. The molecule has 3 amide bonds. The van der Waals surface area contributed by atoms with Crippen molar-refractivity contribution >= 4 is 17.6 Å². The predicted octanol–water partition coefficient (Wildman–Crippen LogP) is 1.20. The maximum Gasteiger partial charge on any atom is 0.321 e. The average Bonchev–Trinajstić information content (AvgIpc) is 2.40. The lowest BCUT2D eigenvalue weighted by Gasteiger charge is -2.31. The van der Waals surface area contributed by atoms with E-state index in [2.05, 4.69) is 10.3 Å². The number of anilines is 1. The molecule has 19 heavy (non-hydrogen) atoms. The van der Waals surface area contributed by atoms with Gasteiger partial charge in [0.15, 0.2) is 0 Å². The maximum absolute atomic E-state index is 12.0. The van der Waals surface area contributed by atoms with Crippen molar-refractivity contribution in [3.63, 3.8) is 0 Å². The average molecular weight is 262 g/mol. The fourth-order valence-electron chi connectivity index (χ4n) is 2.26. The van der Waals surface area contributed by atoms with Crippen LogP contribution in [0.1, 0.15) is 19.3 Å². The van der Waals surface area contributed by atoms with Crippen molar-refractivity contribution in [2.24, 2.45) is 11.7 Å². The Kier molecular flexibility index (Phi) is 4.33. The van der Waals surface area contributed by atoms with Gasteiger partial charge < -0.3 is 16.0 Å². The number of nitrogens with two attached hydrogens (primary N) is 1. The highest BCUT2D eigenvalue weighted by Gasteiger charge is 2.23. The molecule has 1 aromatic rings. The van der Waals surface area contributed by atoms with Gasteiger partial charge in [-0.05, 0) is 30.9 Å². The second-order valence-corrected chi connectivity index (χ2v) is 4.77. The highest BCUT2D eigenvalue weighted by molar-refractivity contribution is 5.89. The van der Waals surface area contributed by atoms with Crippen LogP contribution in [-0.4, -0.2) is 34.9 Å². The number of aromatic nitrogens is 1. The molecule has 1 saturated heterocycles. The summed E-state index contributed by atoms with van der Waals surface area (Å²) in [5.41, 5.74) is 5.87. The Bertz CT molecular complexity index is 441. The topological polar surface area (TPSA) is 88.3 Å². The van der Waals surface area contributed by atoms with Gasteiger partial charge in [-0.2, -0.15) is 0 Å². The number of carbonyl (C=O) groups is 2. The van der Waals surface area contributed by atoms with Crippen LogP contribution in [-0.2, 0) is 4.79 Å². The first-order chi connectivity index (χ1) is 9.15. The summed E-state index contributed by atoms with van der Waals surface area (Å²) in [4.78, 5) is 28.5. The van der Waals surface area contributed by atoms with Crippen molar-refractivity contribution in [2.75, 3.05) is 18.4 Å². The van der Waals surface area contributed by atoms with Gasteiger partial charge in [0.2, 0.25) is 5.91 Å². The van der Waals surface area contributed by atoms with Gasteiger partial charge in [-0.25, -0.2) is 4.79 Å². The third-order valence-electron chi connectivity index (χ3n) is 3.30. The van der Waals surface area contributed by atoms with Crippen LogP contribution >= 0.6 is 0 Å². The zero-order chi connectivity index (χ0) is 13.7. The number of piperidine rings is 1. The van der Waals surface area contributed by atoms with Gasteiger partial charge in [0.25, 0.3) is 0 Å². The molecule has 0 spiro atoms. The van der Waals surface area contributed by atoms with Crippen LogP contribution in [0.5, 0.6) is 0 Å². The van der Waals surface area contributed by atoms with Gasteiger partial charge in [-0.1, -0.05) is 0 Å². The van der Waals surface area contributed by atoms with E-state index < -0.39 is 0 Å². The lowest BCUT2D eigenvalue weighted by atomic mass is 9.93. The van der Waals surface area contributed by atoms with E-state index in [0.29, 0.717) is 31.1 Å². The van der Waals surface area contributed by atoms with E-state index in [1.54, 1.807) is 29.4 Å². The monoisotopic (exact) mass is 262 g/mol. The summed E-state index contributed by atoms with van der Waals surface area (Å²) < 4.78 is 0. The Labute approximate surface area is 112 Å². The second kappa shape index (κ2) is 6.17. The summed E-state index contributed by atoms with van der Waals surface area (Å²) >= 11 is 0. The Morgan fingerprint density at radius 3 is 2.74 bits per heavy atom. The van der Waals surface area contributed by atoms with E-state index in [4.69, 9.17) is 5.73 Å².